The fraction of sp³-hybridized carbons (Fsp3) is 0.727. The van der Waals surface area contributed by atoms with Gasteiger partial charge in [0.05, 0.1) is 6.20 Å². The van der Waals surface area contributed by atoms with Gasteiger partial charge in [0.25, 0.3) is 0 Å². The largest absolute Gasteiger partial charge is 0.385 e. The van der Waals surface area contributed by atoms with E-state index >= 15 is 0 Å². The predicted octanol–water partition coefficient (Wildman–Crippen LogP) is 2.12. The zero-order chi connectivity index (χ0) is 10.4. The average Bonchev–Trinajstić information content (AvgIpc) is 2.52. The molecule has 0 spiro atoms. The van der Waals surface area contributed by atoms with Crippen molar-refractivity contribution < 1.29 is 4.74 Å². The highest BCUT2D eigenvalue weighted by Gasteiger charge is 2.00. The summed E-state index contributed by atoms with van der Waals surface area (Å²) >= 11 is 0. The molecule has 0 radical (unpaired) electrons. The number of aryl methyl sites for hydroxylation is 1. The molecule has 0 unspecified atom stereocenters. The van der Waals surface area contributed by atoms with Crippen molar-refractivity contribution in [2.24, 2.45) is 5.92 Å². The third-order valence-corrected chi connectivity index (χ3v) is 2.07. The van der Waals surface area contributed by atoms with Crippen LogP contribution in [0.2, 0.25) is 0 Å². The lowest BCUT2D eigenvalue weighted by Gasteiger charge is -2.01. The van der Waals surface area contributed by atoms with Gasteiger partial charge in [-0.2, -0.15) is 5.10 Å². The topological polar surface area (TPSA) is 27.1 Å². The van der Waals surface area contributed by atoms with Gasteiger partial charge in [-0.25, -0.2) is 0 Å². The van der Waals surface area contributed by atoms with Crippen molar-refractivity contribution in [1.82, 2.24) is 9.78 Å². The van der Waals surface area contributed by atoms with Gasteiger partial charge in [-0.05, 0) is 24.3 Å². The molecule has 0 aromatic carbocycles. The van der Waals surface area contributed by atoms with E-state index in [0.717, 1.165) is 26.0 Å². The monoisotopic (exact) mass is 196 g/mol. The molecule has 0 N–H and O–H groups in total. The molecule has 0 amide bonds. The number of ether oxygens (including phenoxy) is 1. The Morgan fingerprint density at radius 2 is 2.29 bits per heavy atom. The molecule has 1 rings (SSSR count). The second-order valence-electron chi connectivity index (χ2n) is 4.06. The number of hydrogen-bond donors (Lipinski definition) is 0. The fourth-order valence-electron chi connectivity index (χ4n) is 1.48. The van der Waals surface area contributed by atoms with Gasteiger partial charge in [0.1, 0.15) is 0 Å². The lowest BCUT2D eigenvalue weighted by Crippen LogP contribution is -2.01. The molecule has 3 heteroatoms. The summed E-state index contributed by atoms with van der Waals surface area (Å²) in [7, 11) is 1.73. The van der Waals surface area contributed by atoms with Gasteiger partial charge in [0.2, 0.25) is 0 Å². The van der Waals surface area contributed by atoms with Crippen LogP contribution in [0.25, 0.3) is 0 Å². The summed E-state index contributed by atoms with van der Waals surface area (Å²) < 4.78 is 6.99. The van der Waals surface area contributed by atoms with Crippen LogP contribution < -0.4 is 0 Å². The molecular weight excluding hydrogens is 176 g/mol. The summed E-state index contributed by atoms with van der Waals surface area (Å²) in [4.78, 5) is 0. The normalized spacial score (nSPS) is 11.1. The minimum absolute atomic E-state index is 0.701. The first-order valence-electron chi connectivity index (χ1n) is 5.22. The van der Waals surface area contributed by atoms with Gasteiger partial charge >= 0.3 is 0 Å². The van der Waals surface area contributed by atoms with Crippen LogP contribution in [0, 0.1) is 5.92 Å². The number of nitrogens with zero attached hydrogens (tertiary/aromatic N) is 2. The third kappa shape index (κ3) is 3.92. The summed E-state index contributed by atoms with van der Waals surface area (Å²) in [5, 5.41) is 4.30. The molecule has 1 aromatic rings. The van der Waals surface area contributed by atoms with Crippen molar-refractivity contribution in [2.45, 2.75) is 33.2 Å². The van der Waals surface area contributed by atoms with E-state index in [1.54, 1.807) is 7.11 Å². The molecule has 1 aromatic heterocycles. The molecule has 0 aliphatic rings. The fourth-order valence-corrected chi connectivity index (χ4v) is 1.48. The number of aromatic nitrogens is 2. The van der Waals surface area contributed by atoms with Crippen molar-refractivity contribution in [3.8, 4) is 0 Å². The van der Waals surface area contributed by atoms with Crippen molar-refractivity contribution in [3.05, 3.63) is 18.0 Å². The van der Waals surface area contributed by atoms with E-state index in [4.69, 9.17) is 4.74 Å². The maximum atomic E-state index is 4.99. The smallest absolute Gasteiger partial charge is 0.0521 e. The van der Waals surface area contributed by atoms with Crippen molar-refractivity contribution in [2.75, 3.05) is 13.7 Å². The highest BCUT2D eigenvalue weighted by molar-refractivity contribution is 5.04. The van der Waals surface area contributed by atoms with Gasteiger partial charge in [0, 0.05) is 26.5 Å². The van der Waals surface area contributed by atoms with Crippen LogP contribution in [0.5, 0.6) is 0 Å². The Hall–Kier alpha value is -0.830. The first-order valence-corrected chi connectivity index (χ1v) is 5.22. The van der Waals surface area contributed by atoms with Crippen LogP contribution in [0.4, 0.5) is 0 Å². The summed E-state index contributed by atoms with van der Waals surface area (Å²) in [6.07, 6.45) is 6.24. The predicted molar refractivity (Wildman–Crippen MR) is 57.3 cm³/mol. The van der Waals surface area contributed by atoms with E-state index in [0.29, 0.717) is 5.92 Å². The van der Waals surface area contributed by atoms with Gasteiger partial charge in [-0.1, -0.05) is 13.8 Å². The minimum atomic E-state index is 0.701. The van der Waals surface area contributed by atoms with Crippen LogP contribution in [0.3, 0.4) is 0 Å². The highest BCUT2D eigenvalue weighted by atomic mass is 16.5. The number of rotatable bonds is 6. The van der Waals surface area contributed by atoms with E-state index in [-0.39, 0.29) is 0 Å². The molecule has 3 nitrogen and oxygen atoms in total. The van der Waals surface area contributed by atoms with Crippen LogP contribution >= 0.6 is 0 Å². The summed E-state index contributed by atoms with van der Waals surface area (Å²) in [5.41, 5.74) is 1.33. The number of hydrogen-bond acceptors (Lipinski definition) is 2. The Balaban J connectivity index is 2.35. The van der Waals surface area contributed by atoms with E-state index in [9.17, 15) is 0 Å². The summed E-state index contributed by atoms with van der Waals surface area (Å²) in [6, 6.07) is 0. The maximum absolute atomic E-state index is 4.99. The Morgan fingerprint density at radius 1 is 1.50 bits per heavy atom. The summed E-state index contributed by atoms with van der Waals surface area (Å²) in [5.74, 6) is 0.701. The highest BCUT2D eigenvalue weighted by Crippen LogP contribution is 2.06. The standard InChI is InChI=1S/C11H20N2O/c1-10(2)7-11-8-12-13(9-11)5-4-6-14-3/h8-10H,4-7H2,1-3H3. The molecule has 0 saturated carbocycles. The van der Waals surface area contributed by atoms with Gasteiger partial charge in [0.15, 0.2) is 0 Å². The zero-order valence-electron chi connectivity index (χ0n) is 9.36. The van der Waals surface area contributed by atoms with Crippen LogP contribution in [-0.4, -0.2) is 23.5 Å². The van der Waals surface area contributed by atoms with Crippen molar-refractivity contribution in [3.63, 3.8) is 0 Å². The van der Waals surface area contributed by atoms with Crippen LogP contribution in [-0.2, 0) is 17.7 Å². The number of methoxy groups -OCH3 is 1. The second kappa shape index (κ2) is 5.81. The van der Waals surface area contributed by atoms with Gasteiger partial charge < -0.3 is 4.74 Å². The Kier molecular flexibility index (Phi) is 4.66. The molecule has 0 saturated heterocycles. The minimum Gasteiger partial charge on any atom is -0.385 e. The first-order chi connectivity index (χ1) is 6.72. The second-order valence-corrected chi connectivity index (χ2v) is 4.06. The van der Waals surface area contributed by atoms with E-state index in [2.05, 4.69) is 25.1 Å². The lowest BCUT2D eigenvalue weighted by molar-refractivity contribution is 0.189. The molecular formula is C11H20N2O. The lowest BCUT2D eigenvalue weighted by atomic mass is 10.1. The van der Waals surface area contributed by atoms with E-state index in [1.807, 2.05) is 10.9 Å². The Labute approximate surface area is 86.1 Å². The van der Waals surface area contributed by atoms with E-state index in [1.165, 1.54) is 5.56 Å². The summed E-state index contributed by atoms with van der Waals surface area (Å²) in [6.45, 7) is 6.20. The van der Waals surface area contributed by atoms with Crippen molar-refractivity contribution in [1.29, 1.82) is 0 Å². The van der Waals surface area contributed by atoms with Crippen LogP contribution in [0.15, 0.2) is 12.4 Å². The van der Waals surface area contributed by atoms with Gasteiger partial charge in [-0.15, -0.1) is 0 Å². The first kappa shape index (κ1) is 11.2. The third-order valence-electron chi connectivity index (χ3n) is 2.07. The molecule has 0 atom stereocenters. The average molecular weight is 196 g/mol. The molecule has 14 heavy (non-hydrogen) atoms. The SMILES string of the molecule is COCCCn1cc(CC(C)C)cn1. The Morgan fingerprint density at radius 3 is 2.93 bits per heavy atom. The molecule has 0 aliphatic heterocycles. The molecule has 0 fully saturated rings. The molecule has 0 aliphatic carbocycles. The van der Waals surface area contributed by atoms with Gasteiger partial charge in [-0.3, -0.25) is 4.68 Å². The maximum Gasteiger partial charge on any atom is 0.0521 e. The molecule has 80 valence electrons. The van der Waals surface area contributed by atoms with Crippen molar-refractivity contribution >= 4 is 0 Å². The Bertz CT molecular complexity index is 256. The molecule has 1 heterocycles. The van der Waals surface area contributed by atoms with Crippen LogP contribution in [0.1, 0.15) is 25.8 Å². The zero-order valence-corrected chi connectivity index (χ0v) is 9.36. The molecule has 0 bridgehead atoms. The van der Waals surface area contributed by atoms with E-state index < -0.39 is 0 Å². The quantitative estimate of drug-likeness (QED) is 0.652.